The first-order chi connectivity index (χ1) is 8.07. The smallest absolute Gasteiger partial charge is 0.330 e. The Kier molecular flexibility index (Phi) is 9.11. The van der Waals surface area contributed by atoms with Gasteiger partial charge in [-0.3, -0.25) is 4.79 Å². The summed E-state index contributed by atoms with van der Waals surface area (Å²) in [6, 6.07) is 0. The fourth-order valence-electron chi connectivity index (χ4n) is 1.27. The average Bonchev–Trinajstić information content (AvgIpc) is 2.30. The molecule has 0 unspecified atom stereocenters. The van der Waals surface area contributed by atoms with Gasteiger partial charge in [0.25, 0.3) is 0 Å². The zero-order valence-electron chi connectivity index (χ0n) is 10.7. The van der Waals surface area contributed by atoms with Gasteiger partial charge in [0.05, 0.1) is 13.0 Å². The topological polar surface area (TPSA) is 63.6 Å². The Morgan fingerprint density at radius 1 is 1.18 bits per heavy atom. The summed E-state index contributed by atoms with van der Waals surface area (Å²) in [6.07, 6.45) is 6.95. The zero-order chi connectivity index (χ0) is 13.1. The van der Waals surface area contributed by atoms with Crippen LogP contribution in [0.1, 0.15) is 52.4 Å². The van der Waals surface area contributed by atoms with E-state index in [1.165, 1.54) is 32.3 Å². The molecule has 17 heavy (non-hydrogen) atoms. The van der Waals surface area contributed by atoms with Crippen molar-refractivity contribution in [2.75, 3.05) is 6.61 Å². The molecule has 0 radical (unpaired) electrons. The molecule has 0 amide bonds. The Balaban J connectivity index is 3.54. The standard InChI is InChI=1S/C13H22O4/c1-3-4-5-6-7-10-17-12(14)9-8-11(2)13(15)16/h8H,3-7,9-10H2,1-2H3,(H,15,16). The van der Waals surface area contributed by atoms with E-state index in [0.29, 0.717) is 6.61 Å². The minimum absolute atomic E-state index is 0.0348. The van der Waals surface area contributed by atoms with Crippen molar-refractivity contribution in [3.05, 3.63) is 11.6 Å². The van der Waals surface area contributed by atoms with E-state index < -0.39 is 5.97 Å². The van der Waals surface area contributed by atoms with Crippen molar-refractivity contribution in [3.63, 3.8) is 0 Å². The molecule has 4 heteroatoms. The number of aliphatic carboxylic acids is 1. The Bertz CT molecular complexity index is 269. The van der Waals surface area contributed by atoms with E-state index in [4.69, 9.17) is 9.84 Å². The summed E-state index contributed by atoms with van der Waals surface area (Å²) < 4.78 is 4.98. The third-order valence-corrected chi connectivity index (χ3v) is 2.42. The molecule has 0 heterocycles. The van der Waals surface area contributed by atoms with Crippen molar-refractivity contribution < 1.29 is 19.4 Å². The molecule has 0 saturated carbocycles. The van der Waals surface area contributed by atoms with Crippen molar-refractivity contribution in [2.45, 2.75) is 52.4 Å². The molecule has 1 N–H and O–H groups in total. The van der Waals surface area contributed by atoms with Crippen LogP contribution < -0.4 is 0 Å². The van der Waals surface area contributed by atoms with Crippen molar-refractivity contribution in [2.24, 2.45) is 0 Å². The Labute approximate surface area is 103 Å². The molecule has 0 aromatic heterocycles. The van der Waals surface area contributed by atoms with Crippen LogP contribution in [0.15, 0.2) is 11.6 Å². The summed E-state index contributed by atoms with van der Waals surface area (Å²) >= 11 is 0. The zero-order valence-corrected chi connectivity index (χ0v) is 10.7. The van der Waals surface area contributed by atoms with E-state index in [9.17, 15) is 9.59 Å². The van der Waals surface area contributed by atoms with Gasteiger partial charge in [-0.1, -0.05) is 38.7 Å². The Hall–Kier alpha value is -1.32. The van der Waals surface area contributed by atoms with E-state index in [-0.39, 0.29) is 18.0 Å². The number of carboxylic acids is 1. The van der Waals surface area contributed by atoms with Crippen LogP contribution in [0.25, 0.3) is 0 Å². The first-order valence-corrected chi connectivity index (χ1v) is 6.13. The normalized spacial score (nSPS) is 11.3. The largest absolute Gasteiger partial charge is 0.478 e. The molecule has 98 valence electrons. The van der Waals surface area contributed by atoms with Gasteiger partial charge in [-0.05, 0) is 13.3 Å². The van der Waals surface area contributed by atoms with Gasteiger partial charge in [-0.25, -0.2) is 4.79 Å². The fourth-order valence-corrected chi connectivity index (χ4v) is 1.27. The third kappa shape index (κ3) is 9.60. The van der Waals surface area contributed by atoms with Gasteiger partial charge in [-0.15, -0.1) is 0 Å². The van der Waals surface area contributed by atoms with Crippen molar-refractivity contribution in [1.82, 2.24) is 0 Å². The molecule has 0 spiro atoms. The molecule has 0 aromatic rings. The van der Waals surface area contributed by atoms with Gasteiger partial charge >= 0.3 is 11.9 Å². The number of ether oxygens (including phenoxy) is 1. The number of carboxylic acid groups (broad SMARTS) is 1. The Morgan fingerprint density at radius 2 is 1.82 bits per heavy atom. The molecule has 0 bridgehead atoms. The second kappa shape index (κ2) is 9.87. The van der Waals surface area contributed by atoms with Gasteiger partial charge in [0.2, 0.25) is 0 Å². The van der Waals surface area contributed by atoms with Crippen LogP contribution in [0.5, 0.6) is 0 Å². The highest BCUT2D eigenvalue weighted by Gasteiger charge is 2.03. The maximum atomic E-state index is 11.2. The van der Waals surface area contributed by atoms with E-state index in [0.717, 1.165) is 12.8 Å². The maximum absolute atomic E-state index is 11.2. The third-order valence-electron chi connectivity index (χ3n) is 2.42. The SMILES string of the molecule is CCCCCCCOC(=O)CC=C(C)C(=O)O. The number of esters is 1. The van der Waals surface area contributed by atoms with Crippen molar-refractivity contribution in [1.29, 1.82) is 0 Å². The number of hydrogen-bond acceptors (Lipinski definition) is 3. The molecule has 0 aliphatic rings. The molecule has 0 aliphatic carbocycles. The average molecular weight is 242 g/mol. The van der Waals surface area contributed by atoms with Gasteiger partial charge < -0.3 is 9.84 Å². The van der Waals surface area contributed by atoms with Crippen LogP contribution in [0.3, 0.4) is 0 Å². The quantitative estimate of drug-likeness (QED) is 0.383. The lowest BCUT2D eigenvalue weighted by atomic mass is 10.2. The predicted octanol–water partition coefficient (Wildman–Crippen LogP) is 2.92. The summed E-state index contributed by atoms with van der Waals surface area (Å²) in [5, 5.41) is 8.57. The van der Waals surface area contributed by atoms with Gasteiger partial charge in [-0.2, -0.15) is 0 Å². The molecule has 0 aliphatic heterocycles. The van der Waals surface area contributed by atoms with E-state index >= 15 is 0 Å². The number of carbonyl (C=O) groups excluding carboxylic acids is 1. The highest BCUT2D eigenvalue weighted by atomic mass is 16.5. The minimum atomic E-state index is -1.00. The molecule has 0 fully saturated rings. The first kappa shape index (κ1) is 15.7. The number of hydrogen-bond donors (Lipinski definition) is 1. The van der Waals surface area contributed by atoms with Crippen LogP contribution >= 0.6 is 0 Å². The fraction of sp³-hybridized carbons (Fsp3) is 0.692. The summed E-state index contributed by atoms with van der Waals surface area (Å²) in [4.78, 5) is 21.7. The molecule has 0 rings (SSSR count). The number of carbonyl (C=O) groups is 2. The molecular formula is C13H22O4. The lowest BCUT2D eigenvalue weighted by Crippen LogP contribution is -2.05. The summed E-state index contributed by atoms with van der Waals surface area (Å²) in [7, 11) is 0. The van der Waals surface area contributed by atoms with Crippen molar-refractivity contribution in [3.8, 4) is 0 Å². The van der Waals surface area contributed by atoms with E-state index in [1.54, 1.807) is 0 Å². The second-order valence-electron chi connectivity index (χ2n) is 4.03. The molecule has 0 atom stereocenters. The first-order valence-electron chi connectivity index (χ1n) is 6.13. The number of rotatable bonds is 9. The predicted molar refractivity (Wildman–Crippen MR) is 65.7 cm³/mol. The van der Waals surface area contributed by atoms with Crippen molar-refractivity contribution >= 4 is 11.9 Å². The van der Waals surface area contributed by atoms with Gasteiger partial charge in [0, 0.05) is 5.57 Å². The summed E-state index contributed by atoms with van der Waals surface area (Å²) in [5.41, 5.74) is 0.171. The van der Waals surface area contributed by atoms with E-state index in [2.05, 4.69) is 6.92 Å². The molecular weight excluding hydrogens is 220 g/mol. The highest BCUT2D eigenvalue weighted by molar-refractivity contribution is 5.86. The minimum Gasteiger partial charge on any atom is -0.478 e. The molecule has 0 aromatic carbocycles. The summed E-state index contributed by atoms with van der Waals surface area (Å²) in [6.45, 7) is 4.04. The van der Waals surface area contributed by atoms with Crippen LogP contribution in [0.2, 0.25) is 0 Å². The van der Waals surface area contributed by atoms with Crippen LogP contribution in [-0.4, -0.2) is 23.7 Å². The van der Waals surface area contributed by atoms with E-state index in [1.807, 2.05) is 0 Å². The second-order valence-corrected chi connectivity index (χ2v) is 4.03. The maximum Gasteiger partial charge on any atom is 0.330 e. The Morgan fingerprint density at radius 3 is 2.41 bits per heavy atom. The van der Waals surface area contributed by atoms with Crippen LogP contribution in [0.4, 0.5) is 0 Å². The molecule has 0 saturated heterocycles. The lowest BCUT2D eigenvalue weighted by Gasteiger charge is -2.03. The highest BCUT2D eigenvalue weighted by Crippen LogP contribution is 2.03. The van der Waals surface area contributed by atoms with Gasteiger partial charge in [0.1, 0.15) is 0 Å². The monoisotopic (exact) mass is 242 g/mol. The lowest BCUT2D eigenvalue weighted by molar-refractivity contribution is -0.142. The van der Waals surface area contributed by atoms with Crippen LogP contribution in [0, 0.1) is 0 Å². The number of unbranched alkanes of at least 4 members (excludes halogenated alkanes) is 4. The molecule has 4 nitrogen and oxygen atoms in total. The van der Waals surface area contributed by atoms with Crippen LogP contribution in [-0.2, 0) is 14.3 Å². The van der Waals surface area contributed by atoms with Gasteiger partial charge in [0.15, 0.2) is 0 Å². The summed E-state index contributed by atoms with van der Waals surface area (Å²) in [5.74, 6) is -1.36.